The van der Waals surface area contributed by atoms with Gasteiger partial charge in [0.15, 0.2) is 6.67 Å². The van der Waals surface area contributed by atoms with E-state index in [1.807, 2.05) is 0 Å². The van der Waals surface area contributed by atoms with E-state index >= 15 is 0 Å². The first kappa shape index (κ1) is 18.2. The Kier molecular flexibility index (Phi) is 4.47. The molecule has 4 nitrogen and oxygen atoms in total. The molecule has 0 rings (SSSR count). The van der Waals surface area contributed by atoms with E-state index in [2.05, 4.69) is 0 Å². The second-order valence-electron chi connectivity index (χ2n) is 2.97. The molecule has 0 bridgehead atoms. The molecule has 0 radical (unpaired) electrons. The molecule has 19 heavy (non-hydrogen) atoms. The molecular formula is C5H3F9O4S. The Bertz CT molecular complexity index is 430. The van der Waals surface area contributed by atoms with Gasteiger partial charge in [0.25, 0.3) is 0 Å². The van der Waals surface area contributed by atoms with Gasteiger partial charge in [-0.2, -0.15) is 43.5 Å². The lowest BCUT2D eigenvalue weighted by Gasteiger charge is -2.30. The topological polar surface area (TPSA) is 63.6 Å². The van der Waals surface area contributed by atoms with E-state index in [0.717, 1.165) is 0 Å². The van der Waals surface area contributed by atoms with Gasteiger partial charge in [0.05, 0.1) is 0 Å². The largest absolute Gasteiger partial charge is 0.460 e. The van der Waals surface area contributed by atoms with Crippen molar-refractivity contribution in [3.05, 3.63) is 0 Å². The maximum absolute atomic E-state index is 12.4. The number of ether oxygens (including phenoxy) is 1. The van der Waals surface area contributed by atoms with Gasteiger partial charge in [-0.05, 0) is 0 Å². The van der Waals surface area contributed by atoms with Crippen LogP contribution in [0.4, 0.5) is 39.5 Å². The van der Waals surface area contributed by atoms with Gasteiger partial charge < -0.3 is 0 Å². The lowest BCUT2D eigenvalue weighted by Crippen LogP contribution is -2.56. The zero-order chi connectivity index (χ0) is 15.9. The summed E-state index contributed by atoms with van der Waals surface area (Å²) in [5, 5.41) is -6.66. The number of halogens is 9. The van der Waals surface area contributed by atoms with E-state index in [4.69, 9.17) is 4.55 Å². The smallest absolute Gasteiger partial charge is 0.281 e. The van der Waals surface area contributed by atoms with Crippen LogP contribution in [0.15, 0.2) is 0 Å². The minimum Gasteiger partial charge on any atom is -0.281 e. The second kappa shape index (κ2) is 4.66. The fourth-order valence-corrected chi connectivity index (χ4v) is 0.865. The summed E-state index contributed by atoms with van der Waals surface area (Å²) in [6, 6.07) is 0. The van der Waals surface area contributed by atoms with Crippen molar-refractivity contribution >= 4 is 10.1 Å². The predicted octanol–water partition coefficient (Wildman–Crippen LogP) is 2.27. The van der Waals surface area contributed by atoms with E-state index in [9.17, 15) is 47.9 Å². The molecule has 0 heterocycles. The highest BCUT2D eigenvalue weighted by atomic mass is 32.2. The van der Waals surface area contributed by atoms with E-state index in [1.165, 1.54) is 0 Å². The monoisotopic (exact) mass is 330 g/mol. The van der Waals surface area contributed by atoms with Gasteiger partial charge in [-0.3, -0.25) is 4.55 Å². The Hall–Kier alpha value is -0.760. The first-order valence-electron chi connectivity index (χ1n) is 3.76. The molecule has 0 unspecified atom stereocenters. The van der Waals surface area contributed by atoms with E-state index in [1.54, 1.807) is 4.74 Å². The van der Waals surface area contributed by atoms with Crippen molar-refractivity contribution < 1.29 is 57.2 Å². The lowest BCUT2D eigenvalue weighted by molar-refractivity contribution is -0.456. The summed E-state index contributed by atoms with van der Waals surface area (Å²) in [7, 11) is -6.96. The quantitative estimate of drug-likeness (QED) is 0.599. The molecular weight excluding hydrogens is 327 g/mol. The average molecular weight is 330 g/mol. The van der Waals surface area contributed by atoms with Gasteiger partial charge in [-0.25, -0.2) is 9.13 Å². The van der Waals surface area contributed by atoms with Crippen molar-refractivity contribution in [2.45, 2.75) is 23.4 Å². The third-order valence-electron chi connectivity index (χ3n) is 1.51. The van der Waals surface area contributed by atoms with Gasteiger partial charge in [0.2, 0.25) is 0 Å². The Morgan fingerprint density at radius 1 is 0.895 bits per heavy atom. The normalized spacial score (nSPS) is 15.7. The summed E-state index contributed by atoms with van der Waals surface area (Å²) in [5.41, 5.74) is 0. The van der Waals surface area contributed by atoms with Crippen LogP contribution in [0.25, 0.3) is 0 Å². The van der Waals surface area contributed by atoms with Gasteiger partial charge >= 0.3 is 33.5 Å². The highest BCUT2D eigenvalue weighted by molar-refractivity contribution is 7.86. The van der Waals surface area contributed by atoms with Gasteiger partial charge in [-0.1, -0.05) is 0 Å². The second-order valence-corrected chi connectivity index (χ2v) is 4.43. The standard InChI is InChI=1S/C5H3F9O4S/c6-1-2(7,8)3(9,10)18-4(11,12)5(13,14)19(15,16)17/h1H2,(H,15,16,17). The molecule has 0 spiro atoms. The van der Waals surface area contributed by atoms with Crippen LogP contribution < -0.4 is 0 Å². The van der Waals surface area contributed by atoms with Crippen molar-refractivity contribution in [1.29, 1.82) is 0 Å². The molecule has 0 aromatic heterocycles. The molecule has 0 amide bonds. The minimum atomic E-state index is -6.96. The third kappa shape index (κ3) is 3.22. The number of rotatable bonds is 6. The zero-order valence-electron chi connectivity index (χ0n) is 8.19. The van der Waals surface area contributed by atoms with Crippen LogP contribution in [0.5, 0.6) is 0 Å². The fourth-order valence-electron chi connectivity index (χ4n) is 0.523. The molecule has 0 saturated carbocycles. The van der Waals surface area contributed by atoms with Crippen LogP contribution in [0, 0.1) is 0 Å². The van der Waals surface area contributed by atoms with Crippen LogP contribution in [-0.4, -0.2) is 43.0 Å². The Labute approximate surface area is 98.4 Å². The molecule has 1 N–H and O–H groups in total. The average Bonchev–Trinajstić information content (AvgIpc) is 2.13. The molecule has 0 aromatic carbocycles. The Morgan fingerprint density at radius 3 is 1.53 bits per heavy atom. The molecule has 0 fully saturated rings. The van der Waals surface area contributed by atoms with Gasteiger partial charge in [-0.15, -0.1) is 0 Å². The van der Waals surface area contributed by atoms with Crippen molar-refractivity contribution in [2.24, 2.45) is 0 Å². The Morgan fingerprint density at radius 2 is 1.26 bits per heavy atom. The maximum Gasteiger partial charge on any atom is 0.460 e. The molecule has 14 heteroatoms. The van der Waals surface area contributed by atoms with Crippen LogP contribution in [0.1, 0.15) is 0 Å². The van der Waals surface area contributed by atoms with E-state index < -0.39 is 40.2 Å². The summed E-state index contributed by atoms with van der Waals surface area (Å²) in [4.78, 5) is 0. The number of alkyl halides is 9. The van der Waals surface area contributed by atoms with Crippen molar-refractivity contribution in [2.75, 3.05) is 6.67 Å². The van der Waals surface area contributed by atoms with E-state index in [0.29, 0.717) is 0 Å². The van der Waals surface area contributed by atoms with Crippen LogP contribution in [0.3, 0.4) is 0 Å². The van der Waals surface area contributed by atoms with Crippen LogP contribution in [0.2, 0.25) is 0 Å². The first-order chi connectivity index (χ1) is 8.02. The molecule has 0 aliphatic heterocycles. The Balaban J connectivity index is 5.51. The highest BCUT2D eigenvalue weighted by Crippen LogP contribution is 2.46. The fraction of sp³-hybridized carbons (Fsp3) is 1.00. The van der Waals surface area contributed by atoms with Gasteiger partial charge in [0, 0.05) is 0 Å². The lowest BCUT2D eigenvalue weighted by atomic mass is 10.3. The minimum absolute atomic E-state index is 1.73. The summed E-state index contributed by atoms with van der Waals surface area (Å²) in [6.45, 7) is -3.26. The molecule has 0 aliphatic carbocycles. The summed E-state index contributed by atoms with van der Waals surface area (Å²) < 4.78 is 139. The SMILES string of the molecule is O=S(=O)(O)C(F)(F)C(F)(F)OC(F)(F)C(F)(F)CF. The molecule has 0 atom stereocenters. The summed E-state index contributed by atoms with van der Waals surface area (Å²) in [5.74, 6) is -5.92. The maximum atomic E-state index is 12.4. The number of hydrogen-bond acceptors (Lipinski definition) is 3. The third-order valence-corrected chi connectivity index (χ3v) is 2.40. The van der Waals surface area contributed by atoms with Crippen molar-refractivity contribution in [3.63, 3.8) is 0 Å². The number of hydrogen-bond donors (Lipinski definition) is 1. The molecule has 0 saturated heterocycles. The van der Waals surface area contributed by atoms with Crippen molar-refractivity contribution in [1.82, 2.24) is 0 Å². The summed E-state index contributed by atoms with van der Waals surface area (Å²) >= 11 is 0. The molecule has 0 aromatic rings. The van der Waals surface area contributed by atoms with Gasteiger partial charge in [0.1, 0.15) is 0 Å². The van der Waals surface area contributed by atoms with Crippen LogP contribution >= 0.6 is 0 Å². The molecule has 116 valence electrons. The van der Waals surface area contributed by atoms with Crippen LogP contribution in [-0.2, 0) is 14.9 Å². The zero-order valence-corrected chi connectivity index (χ0v) is 9.01. The predicted molar refractivity (Wildman–Crippen MR) is 38.4 cm³/mol. The van der Waals surface area contributed by atoms with Crippen molar-refractivity contribution in [3.8, 4) is 0 Å². The molecule has 0 aliphatic rings. The highest BCUT2D eigenvalue weighted by Gasteiger charge is 2.74. The summed E-state index contributed by atoms with van der Waals surface area (Å²) in [6.07, 6.45) is -13.2. The van der Waals surface area contributed by atoms with E-state index in [-0.39, 0.29) is 0 Å². The first-order valence-corrected chi connectivity index (χ1v) is 5.20.